The van der Waals surface area contributed by atoms with E-state index in [4.69, 9.17) is 4.74 Å². The smallest absolute Gasteiger partial charge is 0.305 e. The molecule has 13 heavy (non-hydrogen) atoms. The molecule has 0 fully saturated rings. The van der Waals surface area contributed by atoms with Crippen LogP contribution in [-0.2, 0) is 0 Å². The van der Waals surface area contributed by atoms with Gasteiger partial charge >= 0.3 is 14.1 Å². The van der Waals surface area contributed by atoms with E-state index in [1.165, 1.54) is 10.6 Å². The lowest BCUT2D eigenvalue weighted by Gasteiger charge is -2.07. The average molecular weight is 192 g/mol. The van der Waals surface area contributed by atoms with Crippen LogP contribution in [0.1, 0.15) is 13.8 Å². The van der Waals surface area contributed by atoms with Gasteiger partial charge in [-0.2, -0.15) is 0 Å². The summed E-state index contributed by atoms with van der Waals surface area (Å²) in [6, 6.07) is 8.59. The van der Waals surface area contributed by atoms with Crippen molar-refractivity contribution in [3.63, 3.8) is 0 Å². The van der Waals surface area contributed by atoms with Crippen LogP contribution < -0.4 is 9.16 Å². The van der Waals surface area contributed by atoms with Crippen LogP contribution in [-0.4, -0.2) is 21.3 Å². The maximum absolute atomic E-state index is 5.13. The first kappa shape index (κ1) is 10.6. The van der Waals surface area contributed by atoms with E-state index >= 15 is 0 Å². The third kappa shape index (κ3) is 2.76. The fraction of sp³-hybridized carbons (Fsp3) is 0.455. The topological polar surface area (TPSA) is 9.23 Å². The molecule has 0 spiro atoms. The Labute approximate surface area is 85.1 Å². The van der Waals surface area contributed by atoms with Crippen LogP contribution in [0.4, 0.5) is 0 Å². The molecule has 0 unspecified atom stereocenters. The molecule has 0 radical (unpaired) electrons. The number of rotatable bonds is 4. The molecule has 0 heterocycles. The number of hydrogen-bond donors (Lipinski definition) is 0. The van der Waals surface area contributed by atoms with Gasteiger partial charge in [0.2, 0.25) is 0 Å². The van der Waals surface area contributed by atoms with Crippen molar-refractivity contribution in [2.24, 2.45) is 0 Å². The summed E-state index contributed by atoms with van der Waals surface area (Å²) in [7, 11) is 1.71. The predicted molar refractivity (Wildman–Crippen MR) is 59.3 cm³/mol. The predicted octanol–water partition coefficient (Wildman–Crippen LogP) is 2.44. The van der Waals surface area contributed by atoms with E-state index in [1.807, 2.05) is 0 Å². The summed E-state index contributed by atoms with van der Waals surface area (Å²) < 4.78 is 6.69. The third-order valence-corrected chi connectivity index (χ3v) is 5.87. The maximum Gasteiger partial charge on any atom is 0.305 e. The lowest BCUT2D eigenvalue weighted by Crippen LogP contribution is -2.27. The fourth-order valence-corrected chi connectivity index (χ4v) is 3.89. The van der Waals surface area contributed by atoms with Gasteiger partial charge in [-0.05, 0) is 12.1 Å². The molecule has 1 rings (SSSR count). The summed E-state index contributed by atoms with van der Waals surface area (Å²) in [6.07, 6.45) is 0. The third-order valence-electron chi connectivity index (χ3n) is 2.57. The van der Waals surface area contributed by atoms with Crippen molar-refractivity contribution < 1.29 is 4.74 Å². The van der Waals surface area contributed by atoms with Gasteiger partial charge in [0.15, 0.2) is 0 Å². The van der Waals surface area contributed by atoms with Crippen molar-refractivity contribution in [3.05, 3.63) is 24.3 Å². The Morgan fingerprint density at radius 1 is 1.08 bits per heavy atom. The minimum absolute atomic E-state index is 0.638. The molecule has 1 aromatic rings. The molecule has 0 saturated carbocycles. The average Bonchev–Trinajstić information content (AvgIpc) is 2.21. The highest BCUT2D eigenvalue weighted by atomic mass is 27.2. The second-order valence-corrected chi connectivity index (χ2v) is 6.98. The van der Waals surface area contributed by atoms with Crippen LogP contribution in [0.25, 0.3) is 0 Å². The van der Waals surface area contributed by atoms with Crippen molar-refractivity contribution in [2.45, 2.75) is 24.4 Å². The molecule has 0 amide bonds. The highest BCUT2D eigenvalue weighted by Gasteiger charge is 2.13. The Bertz CT molecular complexity index is 239. The molecular formula is C11H17AlO. The lowest BCUT2D eigenvalue weighted by atomic mass is 10.3. The van der Waals surface area contributed by atoms with Gasteiger partial charge in [-0.3, -0.25) is 0 Å². The molecule has 2 heteroatoms. The first-order chi connectivity index (χ1) is 6.31. The standard InChI is InChI=1S/C7H7O.2C2H5.Al/c1-8-7-5-3-2-4-6-7;2*1-2;/h3-6H,1H3;2*1H2,2H3;. The highest BCUT2D eigenvalue weighted by molar-refractivity contribution is 6.73. The van der Waals surface area contributed by atoms with E-state index < -0.39 is 14.1 Å². The Morgan fingerprint density at radius 2 is 1.62 bits per heavy atom. The number of hydrogen-bond acceptors (Lipinski definition) is 1. The second-order valence-electron chi connectivity index (χ2n) is 3.29. The summed E-state index contributed by atoms with van der Waals surface area (Å²) in [5.41, 5.74) is 0. The largest absolute Gasteiger partial charge is 0.497 e. The summed E-state index contributed by atoms with van der Waals surface area (Å²) >= 11 is -0.638. The van der Waals surface area contributed by atoms with Gasteiger partial charge in [-0.1, -0.05) is 36.5 Å². The van der Waals surface area contributed by atoms with Gasteiger partial charge in [0.25, 0.3) is 0 Å². The molecule has 0 atom stereocenters. The van der Waals surface area contributed by atoms with E-state index in [9.17, 15) is 0 Å². The molecule has 1 nitrogen and oxygen atoms in total. The zero-order chi connectivity index (χ0) is 9.68. The Balaban J connectivity index is 2.78. The monoisotopic (exact) mass is 192 g/mol. The van der Waals surface area contributed by atoms with E-state index in [-0.39, 0.29) is 0 Å². The number of methoxy groups -OCH3 is 1. The molecule has 0 saturated heterocycles. The minimum Gasteiger partial charge on any atom is -0.497 e. The first-order valence-electron chi connectivity index (χ1n) is 4.95. The summed E-state index contributed by atoms with van der Waals surface area (Å²) in [6.45, 7) is 4.59. The van der Waals surface area contributed by atoms with E-state index in [0.717, 1.165) is 5.75 Å². The van der Waals surface area contributed by atoms with Gasteiger partial charge in [-0.15, -0.1) is 4.43 Å². The SMILES string of the molecule is C[CH2][Al]([CH2]C)[c]1ccc(OC)cc1. The van der Waals surface area contributed by atoms with Gasteiger partial charge in [-0.25, -0.2) is 0 Å². The normalized spacial score (nSPS) is 9.77. The molecule has 0 aromatic heterocycles. The van der Waals surface area contributed by atoms with Crippen molar-refractivity contribution >= 4 is 18.6 Å². The number of benzene rings is 1. The van der Waals surface area contributed by atoms with Gasteiger partial charge < -0.3 is 4.74 Å². The molecule has 0 aliphatic heterocycles. The van der Waals surface area contributed by atoms with E-state index in [0.29, 0.717) is 0 Å². The van der Waals surface area contributed by atoms with Crippen LogP contribution in [0.3, 0.4) is 0 Å². The van der Waals surface area contributed by atoms with Crippen LogP contribution in [0, 0.1) is 0 Å². The van der Waals surface area contributed by atoms with Gasteiger partial charge in [0.1, 0.15) is 5.75 Å². The van der Waals surface area contributed by atoms with Gasteiger partial charge in [0, 0.05) is 0 Å². The van der Waals surface area contributed by atoms with Crippen molar-refractivity contribution in [1.29, 1.82) is 0 Å². The second kappa shape index (κ2) is 5.32. The highest BCUT2D eigenvalue weighted by Crippen LogP contribution is 2.08. The Morgan fingerprint density at radius 3 is 2.00 bits per heavy atom. The summed E-state index contributed by atoms with van der Waals surface area (Å²) in [5, 5.41) is 2.70. The quantitative estimate of drug-likeness (QED) is 0.666. The van der Waals surface area contributed by atoms with E-state index in [1.54, 1.807) is 11.5 Å². The molecule has 70 valence electrons. The summed E-state index contributed by atoms with van der Waals surface area (Å²) in [5.74, 6) is 0.962. The molecule has 0 N–H and O–H groups in total. The van der Waals surface area contributed by atoms with Crippen LogP contribution >= 0.6 is 0 Å². The zero-order valence-electron chi connectivity index (χ0n) is 8.71. The first-order valence-corrected chi connectivity index (χ1v) is 7.16. The van der Waals surface area contributed by atoms with Crippen LogP contribution in [0.15, 0.2) is 24.3 Å². The van der Waals surface area contributed by atoms with Crippen LogP contribution in [0.2, 0.25) is 10.6 Å². The van der Waals surface area contributed by atoms with E-state index in [2.05, 4.69) is 38.1 Å². The molecule has 0 bridgehead atoms. The molecule has 0 aliphatic rings. The fourth-order valence-electron chi connectivity index (χ4n) is 1.64. The molecular weight excluding hydrogens is 175 g/mol. The lowest BCUT2D eigenvalue weighted by molar-refractivity contribution is 0.415. The summed E-state index contributed by atoms with van der Waals surface area (Å²) in [4.78, 5) is 0. The van der Waals surface area contributed by atoms with Crippen LogP contribution in [0.5, 0.6) is 5.75 Å². The Hall–Kier alpha value is -0.448. The Kier molecular flexibility index (Phi) is 4.35. The number of ether oxygens (including phenoxy) is 1. The minimum atomic E-state index is -0.638. The maximum atomic E-state index is 5.13. The molecule has 0 aliphatic carbocycles. The zero-order valence-corrected chi connectivity index (χ0v) is 9.86. The van der Waals surface area contributed by atoms with Crippen molar-refractivity contribution in [2.75, 3.05) is 7.11 Å². The molecule has 1 aromatic carbocycles. The van der Waals surface area contributed by atoms with Crippen molar-refractivity contribution in [3.8, 4) is 5.75 Å². The van der Waals surface area contributed by atoms with Gasteiger partial charge in [0.05, 0.1) is 7.11 Å². The van der Waals surface area contributed by atoms with Crippen molar-refractivity contribution in [1.82, 2.24) is 0 Å².